The normalized spacial score (nSPS) is 20.9. The zero-order valence-corrected chi connectivity index (χ0v) is 16.4. The molecule has 2 aromatic carbocycles. The maximum atomic E-state index is 13.2. The molecular formula is C20H15BrN2O5. The Morgan fingerprint density at radius 2 is 1.89 bits per heavy atom. The maximum Gasteiger partial charge on any atom is 0.325 e. The topological polar surface area (TPSA) is 81.0 Å². The van der Waals surface area contributed by atoms with E-state index in [-0.39, 0.29) is 19.2 Å². The van der Waals surface area contributed by atoms with Gasteiger partial charge >= 0.3 is 6.03 Å². The Kier molecular flexibility index (Phi) is 3.67. The molecule has 28 heavy (non-hydrogen) atoms. The third-order valence-electron chi connectivity index (χ3n) is 5.06. The zero-order valence-electron chi connectivity index (χ0n) is 14.8. The summed E-state index contributed by atoms with van der Waals surface area (Å²) >= 11 is 3.47. The summed E-state index contributed by atoms with van der Waals surface area (Å²) in [6, 6.07) is 12.3. The van der Waals surface area contributed by atoms with Gasteiger partial charge in [-0.25, -0.2) is 4.79 Å². The lowest BCUT2D eigenvalue weighted by molar-refractivity contribution is -0.132. The number of benzene rings is 2. The number of nitrogens with zero attached hydrogens (tertiary/aromatic N) is 1. The molecule has 5 rings (SSSR count). The molecule has 0 aliphatic carbocycles. The molecule has 8 heteroatoms. The number of urea groups is 1. The predicted octanol–water partition coefficient (Wildman–Crippen LogP) is 3.89. The van der Waals surface area contributed by atoms with Crippen molar-refractivity contribution >= 4 is 38.8 Å². The van der Waals surface area contributed by atoms with Crippen LogP contribution in [0.1, 0.15) is 18.2 Å². The van der Waals surface area contributed by atoms with Gasteiger partial charge in [-0.15, -0.1) is 0 Å². The first-order valence-electron chi connectivity index (χ1n) is 8.67. The summed E-state index contributed by atoms with van der Waals surface area (Å²) in [5.41, 5.74) is 0.137. The molecule has 1 saturated heterocycles. The second-order valence-electron chi connectivity index (χ2n) is 6.89. The molecule has 2 aliphatic rings. The minimum atomic E-state index is -1.26. The first kappa shape index (κ1) is 17.1. The summed E-state index contributed by atoms with van der Waals surface area (Å²) in [4.78, 5) is 27.0. The number of amides is 3. The molecule has 0 bridgehead atoms. The fourth-order valence-electron chi connectivity index (χ4n) is 3.49. The van der Waals surface area contributed by atoms with Crippen LogP contribution in [0.25, 0.3) is 11.0 Å². The third-order valence-corrected chi connectivity index (χ3v) is 5.80. The molecule has 142 valence electrons. The van der Waals surface area contributed by atoms with Crippen molar-refractivity contribution in [2.45, 2.75) is 19.0 Å². The fourth-order valence-corrected chi connectivity index (χ4v) is 3.93. The molecular weight excluding hydrogens is 428 g/mol. The van der Waals surface area contributed by atoms with Crippen LogP contribution in [0.5, 0.6) is 11.5 Å². The lowest BCUT2D eigenvalue weighted by atomic mass is 9.98. The Hall–Kier alpha value is -3.00. The van der Waals surface area contributed by atoms with Gasteiger partial charge in [0, 0.05) is 9.86 Å². The second kappa shape index (κ2) is 6.00. The van der Waals surface area contributed by atoms with Gasteiger partial charge in [0.15, 0.2) is 17.0 Å². The van der Waals surface area contributed by atoms with E-state index in [4.69, 9.17) is 13.9 Å². The predicted molar refractivity (Wildman–Crippen MR) is 103 cm³/mol. The van der Waals surface area contributed by atoms with E-state index in [2.05, 4.69) is 21.2 Å². The SMILES string of the molecule is C[C@@]1(c2cc3ccccc3o2)NC(=O)N(Cc2cc3c(cc2Br)OCO3)C1=O. The number of halogens is 1. The Labute approximate surface area is 168 Å². The Morgan fingerprint density at radius 3 is 2.68 bits per heavy atom. The van der Waals surface area contributed by atoms with Crippen molar-refractivity contribution in [3.8, 4) is 11.5 Å². The number of ether oxygens (including phenoxy) is 2. The molecule has 7 nitrogen and oxygen atoms in total. The van der Waals surface area contributed by atoms with Crippen molar-refractivity contribution in [2.24, 2.45) is 0 Å². The summed E-state index contributed by atoms with van der Waals surface area (Å²) in [7, 11) is 0. The maximum absolute atomic E-state index is 13.2. The number of hydrogen-bond acceptors (Lipinski definition) is 5. The first-order chi connectivity index (χ1) is 13.5. The minimum absolute atomic E-state index is 0.0949. The number of furan rings is 1. The van der Waals surface area contributed by atoms with Crippen LogP contribution in [0.4, 0.5) is 4.79 Å². The summed E-state index contributed by atoms with van der Waals surface area (Å²) in [6.07, 6.45) is 0. The molecule has 3 heterocycles. The lowest BCUT2D eigenvalue weighted by Gasteiger charge is -2.19. The Morgan fingerprint density at radius 1 is 1.14 bits per heavy atom. The van der Waals surface area contributed by atoms with Gasteiger partial charge in [0.05, 0.1) is 6.54 Å². The van der Waals surface area contributed by atoms with Gasteiger partial charge in [0.25, 0.3) is 5.91 Å². The van der Waals surface area contributed by atoms with Crippen molar-refractivity contribution in [3.63, 3.8) is 0 Å². The van der Waals surface area contributed by atoms with Crippen LogP contribution in [0.3, 0.4) is 0 Å². The highest BCUT2D eigenvalue weighted by molar-refractivity contribution is 9.10. The molecule has 1 aromatic heterocycles. The molecule has 0 unspecified atom stereocenters. The van der Waals surface area contributed by atoms with Gasteiger partial charge < -0.3 is 19.2 Å². The second-order valence-corrected chi connectivity index (χ2v) is 7.75. The van der Waals surface area contributed by atoms with Crippen LogP contribution in [0, 0.1) is 0 Å². The molecule has 1 atom stereocenters. The van der Waals surface area contributed by atoms with E-state index in [1.807, 2.05) is 24.3 Å². The quantitative estimate of drug-likeness (QED) is 0.622. The van der Waals surface area contributed by atoms with Gasteiger partial charge in [-0.2, -0.15) is 0 Å². The first-order valence-corrected chi connectivity index (χ1v) is 9.46. The Balaban J connectivity index is 1.47. The van der Waals surface area contributed by atoms with E-state index < -0.39 is 11.6 Å². The van der Waals surface area contributed by atoms with E-state index >= 15 is 0 Å². The zero-order chi connectivity index (χ0) is 19.5. The van der Waals surface area contributed by atoms with Crippen molar-refractivity contribution in [2.75, 3.05) is 6.79 Å². The van der Waals surface area contributed by atoms with Gasteiger partial charge in [-0.05, 0) is 36.8 Å². The van der Waals surface area contributed by atoms with Gasteiger partial charge in [-0.1, -0.05) is 34.1 Å². The number of carbonyl (C=O) groups is 2. The lowest BCUT2D eigenvalue weighted by Crippen LogP contribution is -2.40. The van der Waals surface area contributed by atoms with E-state index in [0.29, 0.717) is 22.8 Å². The van der Waals surface area contributed by atoms with Crippen molar-refractivity contribution < 1.29 is 23.5 Å². The van der Waals surface area contributed by atoms with Gasteiger partial charge in [-0.3, -0.25) is 9.69 Å². The van der Waals surface area contributed by atoms with Crippen molar-refractivity contribution in [3.05, 3.63) is 58.3 Å². The summed E-state index contributed by atoms with van der Waals surface area (Å²) in [6.45, 7) is 1.90. The number of para-hydroxylation sites is 1. The molecule has 3 amide bonds. The van der Waals surface area contributed by atoms with Crippen LogP contribution in [-0.2, 0) is 16.9 Å². The standard InChI is InChI=1S/C20H15BrN2O5/c1-20(17-7-11-4-2-3-5-14(11)28-17)18(24)23(19(25)22-20)9-12-6-15-16(8-13(12)21)27-10-26-15/h2-8H,9-10H2,1H3,(H,22,25)/t20-/m0/s1. The van der Waals surface area contributed by atoms with E-state index in [0.717, 1.165) is 15.4 Å². The number of carbonyl (C=O) groups excluding carboxylic acids is 2. The Bertz CT molecular complexity index is 1110. The number of hydrogen-bond donors (Lipinski definition) is 1. The van der Waals surface area contributed by atoms with Crippen LogP contribution >= 0.6 is 15.9 Å². The summed E-state index contributed by atoms with van der Waals surface area (Å²) < 4.78 is 17.3. The van der Waals surface area contributed by atoms with E-state index in [9.17, 15) is 9.59 Å². The molecule has 1 fully saturated rings. The van der Waals surface area contributed by atoms with Gasteiger partial charge in [0.2, 0.25) is 6.79 Å². The molecule has 0 saturated carbocycles. The van der Waals surface area contributed by atoms with Crippen molar-refractivity contribution in [1.82, 2.24) is 10.2 Å². The largest absolute Gasteiger partial charge is 0.458 e. The highest BCUT2D eigenvalue weighted by Gasteiger charge is 2.51. The van der Waals surface area contributed by atoms with Crippen LogP contribution < -0.4 is 14.8 Å². The molecule has 1 N–H and O–H groups in total. The van der Waals surface area contributed by atoms with E-state index in [1.54, 1.807) is 25.1 Å². The highest BCUT2D eigenvalue weighted by atomic mass is 79.9. The van der Waals surface area contributed by atoms with E-state index in [1.165, 1.54) is 4.90 Å². The number of imide groups is 1. The number of fused-ring (bicyclic) bond motifs is 2. The monoisotopic (exact) mass is 442 g/mol. The molecule has 2 aliphatic heterocycles. The smallest absolute Gasteiger partial charge is 0.325 e. The fraction of sp³-hybridized carbons (Fsp3) is 0.200. The number of nitrogens with one attached hydrogen (secondary N) is 1. The minimum Gasteiger partial charge on any atom is -0.458 e. The molecule has 0 radical (unpaired) electrons. The highest BCUT2D eigenvalue weighted by Crippen LogP contribution is 2.39. The third kappa shape index (κ3) is 2.48. The molecule has 3 aromatic rings. The molecule has 0 spiro atoms. The summed E-state index contributed by atoms with van der Waals surface area (Å²) in [5, 5.41) is 3.64. The summed E-state index contributed by atoms with van der Waals surface area (Å²) in [5.74, 6) is 1.24. The van der Waals surface area contributed by atoms with Crippen LogP contribution in [-0.4, -0.2) is 23.6 Å². The van der Waals surface area contributed by atoms with Crippen LogP contribution in [0.2, 0.25) is 0 Å². The van der Waals surface area contributed by atoms with Gasteiger partial charge in [0.1, 0.15) is 11.3 Å². The van der Waals surface area contributed by atoms with Crippen LogP contribution in [0.15, 0.2) is 51.4 Å². The number of rotatable bonds is 3. The van der Waals surface area contributed by atoms with Crippen molar-refractivity contribution in [1.29, 1.82) is 0 Å². The average Bonchev–Trinajstić information content (AvgIpc) is 3.35. The average molecular weight is 443 g/mol.